The molecule has 17 heavy (non-hydrogen) atoms. The molecule has 1 heterocycles. The van der Waals surface area contributed by atoms with E-state index in [2.05, 4.69) is 31.1 Å². The van der Waals surface area contributed by atoms with Crippen LogP contribution in [0.1, 0.15) is 33.6 Å². The second-order valence-corrected chi connectivity index (χ2v) is 5.00. The standard InChI is InChI=1S/C14H22N2O/c1-4-14(3)12(16-5-2)9-13(14)17-11-7-6-8-15-10-11/h6-8,10,12-13,16H,4-5,9H2,1-3H3. The summed E-state index contributed by atoms with van der Waals surface area (Å²) in [7, 11) is 0. The fourth-order valence-electron chi connectivity index (χ4n) is 2.62. The maximum absolute atomic E-state index is 6.03. The molecular formula is C14H22N2O. The highest BCUT2D eigenvalue weighted by molar-refractivity contribution is 5.18. The Morgan fingerprint density at radius 1 is 1.53 bits per heavy atom. The summed E-state index contributed by atoms with van der Waals surface area (Å²) in [6, 6.07) is 4.47. The monoisotopic (exact) mass is 234 g/mol. The largest absolute Gasteiger partial charge is 0.488 e. The first-order chi connectivity index (χ1) is 8.20. The fraction of sp³-hybridized carbons (Fsp3) is 0.643. The summed E-state index contributed by atoms with van der Waals surface area (Å²) in [4.78, 5) is 4.08. The van der Waals surface area contributed by atoms with Crippen molar-refractivity contribution in [3.63, 3.8) is 0 Å². The van der Waals surface area contributed by atoms with Gasteiger partial charge in [-0.2, -0.15) is 0 Å². The van der Waals surface area contributed by atoms with Crippen molar-refractivity contribution in [2.45, 2.75) is 45.8 Å². The van der Waals surface area contributed by atoms with Crippen LogP contribution in [-0.2, 0) is 0 Å². The first-order valence-electron chi connectivity index (χ1n) is 6.50. The van der Waals surface area contributed by atoms with Gasteiger partial charge in [0.1, 0.15) is 11.9 Å². The molecule has 0 aliphatic heterocycles. The summed E-state index contributed by atoms with van der Waals surface area (Å²) in [5, 5.41) is 3.54. The number of hydrogen-bond acceptors (Lipinski definition) is 3. The minimum absolute atomic E-state index is 0.242. The van der Waals surface area contributed by atoms with Gasteiger partial charge in [-0.1, -0.05) is 20.8 Å². The number of aromatic nitrogens is 1. The van der Waals surface area contributed by atoms with Gasteiger partial charge in [-0.05, 0) is 25.1 Å². The van der Waals surface area contributed by atoms with Crippen LogP contribution in [0.2, 0.25) is 0 Å². The molecule has 1 saturated carbocycles. The first-order valence-corrected chi connectivity index (χ1v) is 6.50. The average molecular weight is 234 g/mol. The fourth-order valence-corrected chi connectivity index (χ4v) is 2.62. The molecule has 1 aromatic heterocycles. The highest BCUT2D eigenvalue weighted by atomic mass is 16.5. The molecule has 3 nitrogen and oxygen atoms in total. The Morgan fingerprint density at radius 2 is 2.35 bits per heavy atom. The smallest absolute Gasteiger partial charge is 0.138 e. The number of rotatable bonds is 5. The molecule has 0 amide bonds. The summed E-state index contributed by atoms with van der Waals surface area (Å²) in [6.45, 7) is 7.74. The van der Waals surface area contributed by atoms with Crippen LogP contribution >= 0.6 is 0 Å². The zero-order valence-electron chi connectivity index (χ0n) is 10.9. The minimum Gasteiger partial charge on any atom is -0.488 e. The van der Waals surface area contributed by atoms with Crippen molar-refractivity contribution in [2.75, 3.05) is 6.54 Å². The van der Waals surface area contributed by atoms with E-state index in [-0.39, 0.29) is 5.41 Å². The Labute approximate surface area is 104 Å². The van der Waals surface area contributed by atoms with Crippen LogP contribution in [-0.4, -0.2) is 23.7 Å². The second-order valence-electron chi connectivity index (χ2n) is 5.00. The number of pyridine rings is 1. The average Bonchev–Trinajstić information content (AvgIpc) is 2.38. The van der Waals surface area contributed by atoms with Crippen LogP contribution in [0.5, 0.6) is 5.75 Å². The lowest BCUT2D eigenvalue weighted by molar-refractivity contribution is -0.0698. The van der Waals surface area contributed by atoms with Gasteiger partial charge in [-0.3, -0.25) is 4.98 Å². The Balaban J connectivity index is 2.00. The van der Waals surface area contributed by atoms with Gasteiger partial charge in [0.05, 0.1) is 6.20 Å². The molecule has 94 valence electrons. The minimum atomic E-state index is 0.242. The van der Waals surface area contributed by atoms with Crippen LogP contribution in [0, 0.1) is 5.41 Å². The number of nitrogens with one attached hydrogen (secondary N) is 1. The molecule has 0 aromatic carbocycles. The third kappa shape index (κ3) is 2.29. The van der Waals surface area contributed by atoms with Gasteiger partial charge in [0.25, 0.3) is 0 Å². The molecule has 3 heteroatoms. The molecule has 1 aliphatic rings. The van der Waals surface area contributed by atoms with Crippen molar-refractivity contribution in [3.8, 4) is 5.75 Å². The molecule has 1 fully saturated rings. The zero-order valence-corrected chi connectivity index (χ0v) is 10.9. The van der Waals surface area contributed by atoms with Crippen molar-refractivity contribution < 1.29 is 4.74 Å². The summed E-state index contributed by atoms with van der Waals surface area (Å²) in [6.07, 6.45) is 6.09. The van der Waals surface area contributed by atoms with Crippen molar-refractivity contribution in [2.24, 2.45) is 5.41 Å². The summed E-state index contributed by atoms with van der Waals surface area (Å²) < 4.78 is 6.03. The summed E-state index contributed by atoms with van der Waals surface area (Å²) in [5.41, 5.74) is 0.242. The second kappa shape index (κ2) is 5.05. The first kappa shape index (κ1) is 12.4. The van der Waals surface area contributed by atoms with E-state index in [0.29, 0.717) is 12.1 Å². The van der Waals surface area contributed by atoms with Crippen molar-refractivity contribution >= 4 is 0 Å². The molecular weight excluding hydrogens is 212 g/mol. The highest BCUT2D eigenvalue weighted by Crippen LogP contribution is 2.45. The Morgan fingerprint density at radius 3 is 2.94 bits per heavy atom. The lowest BCUT2D eigenvalue weighted by Gasteiger charge is -2.53. The number of hydrogen-bond donors (Lipinski definition) is 1. The lowest BCUT2D eigenvalue weighted by Crippen LogP contribution is -2.63. The molecule has 0 saturated heterocycles. The van der Waals surface area contributed by atoms with Crippen LogP contribution in [0.4, 0.5) is 0 Å². The van der Waals surface area contributed by atoms with Crippen LogP contribution in [0.3, 0.4) is 0 Å². The van der Waals surface area contributed by atoms with Gasteiger partial charge in [-0.25, -0.2) is 0 Å². The highest BCUT2D eigenvalue weighted by Gasteiger charge is 2.51. The molecule has 3 atom stereocenters. The zero-order chi connectivity index (χ0) is 12.3. The number of ether oxygens (including phenoxy) is 1. The van der Waals surface area contributed by atoms with Gasteiger partial charge in [-0.15, -0.1) is 0 Å². The van der Waals surface area contributed by atoms with E-state index in [9.17, 15) is 0 Å². The lowest BCUT2D eigenvalue weighted by atomic mass is 9.61. The van der Waals surface area contributed by atoms with Gasteiger partial charge >= 0.3 is 0 Å². The SMILES string of the molecule is CCNC1CC(Oc2cccnc2)C1(C)CC. The molecule has 3 unspecified atom stereocenters. The third-order valence-corrected chi connectivity index (χ3v) is 4.11. The van der Waals surface area contributed by atoms with Crippen LogP contribution in [0.25, 0.3) is 0 Å². The van der Waals surface area contributed by atoms with E-state index >= 15 is 0 Å². The van der Waals surface area contributed by atoms with E-state index in [0.717, 1.165) is 25.1 Å². The maximum Gasteiger partial charge on any atom is 0.138 e. The van der Waals surface area contributed by atoms with Gasteiger partial charge in [0, 0.05) is 24.1 Å². The van der Waals surface area contributed by atoms with Crippen molar-refractivity contribution in [1.82, 2.24) is 10.3 Å². The van der Waals surface area contributed by atoms with E-state index in [1.54, 1.807) is 12.4 Å². The molecule has 1 aliphatic carbocycles. The topological polar surface area (TPSA) is 34.1 Å². The Hall–Kier alpha value is -1.09. The van der Waals surface area contributed by atoms with E-state index < -0.39 is 0 Å². The molecule has 2 rings (SSSR count). The maximum atomic E-state index is 6.03. The third-order valence-electron chi connectivity index (χ3n) is 4.11. The summed E-state index contributed by atoms with van der Waals surface area (Å²) in [5.74, 6) is 0.882. The number of nitrogens with zero attached hydrogens (tertiary/aromatic N) is 1. The Kier molecular flexibility index (Phi) is 3.67. The molecule has 0 radical (unpaired) electrons. The quantitative estimate of drug-likeness (QED) is 0.850. The van der Waals surface area contributed by atoms with Crippen molar-refractivity contribution in [1.29, 1.82) is 0 Å². The van der Waals surface area contributed by atoms with Crippen LogP contribution in [0.15, 0.2) is 24.5 Å². The van der Waals surface area contributed by atoms with Crippen molar-refractivity contribution in [3.05, 3.63) is 24.5 Å². The predicted octanol–water partition coefficient (Wildman–Crippen LogP) is 2.63. The van der Waals surface area contributed by atoms with Gasteiger partial charge in [0.15, 0.2) is 0 Å². The van der Waals surface area contributed by atoms with Gasteiger partial charge in [0.2, 0.25) is 0 Å². The molecule has 1 aromatic rings. The molecule has 1 N–H and O–H groups in total. The van der Waals surface area contributed by atoms with Gasteiger partial charge < -0.3 is 10.1 Å². The normalized spacial score (nSPS) is 31.9. The van der Waals surface area contributed by atoms with Crippen LogP contribution < -0.4 is 10.1 Å². The predicted molar refractivity (Wildman–Crippen MR) is 69.1 cm³/mol. The summed E-state index contributed by atoms with van der Waals surface area (Å²) >= 11 is 0. The van der Waals surface area contributed by atoms with E-state index in [1.807, 2.05) is 12.1 Å². The van der Waals surface area contributed by atoms with E-state index in [4.69, 9.17) is 4.74 Å². The molecule has 0 spiro atoms. The molecule has 0 bridgehead atoms. The van der Waals surface area contributed by atoms with E-state index in [1.165, 1.54) is 0 Å². The Bertz CT molecular complexity index is 354.